The van der Waals surface area contributed by atoms with Crippen molar-refractivity contribution in [1.82, 2.24) is 0 Å². The highest BCUT2D eigenvalue weighted by Crippen LogP contribution is 2.19. The molecule has 0 N–H and O–H groups in total. The second-order valence-corrected chi connectivity index (χ2v) is 4.09. The van der Waals surface area contributed by atoms with Gasteiger partial charge in [-0.25, -0.2) is 0 Å². The Morgan fingerprint density at radius 1 is 1.31 bits per heavy atom. The van der Waals surface area contributed by atoms with Crippen molar-refractivity contribution in [3.63, 3.8) is 0 Å². The van der Waals surface area contributed by atoms with Crippen LogP contribution >= 0.6 is 0 Å². The first-order valence-corrected chi connectivity index (χ1v) is 5.72. The molecule has 0 aromatic heterocycles. The Bertz CT molecular complexity index is 127. The molecule has 1 aliphatic carbocycles. The van der Waals surface area contributed by atoms with Gasteiger partial charge in [-0.2, -0.15) is 0 Å². The molecule has 1 fully saturated rings. The third kappa shape index (κ3) is 8.01. The first-order valence-electron chi connectivity index (χ1n) is 5.72. The molecule has 1 nitrogen and oxygen atoms in total. The minimum atomic E-state index is 0.462. The van der Waals surface area contributed by atoms with E-state index in [2.05, 4.69) is 20.8 Å². The molecule has 0 aromatic rings. The molecular weight excluding hydrogens is 160 g/mol. The second kappa shape index (κ2) is 8.28. The molecule has 0 heterocycles. The van der Waals surface area contributed by atoms with Crippen LogP contribution in [-0.4, -0.2) is 5.78 Å². The first kappa shape index (κ1) is 12.7. The molecule has 0 aliphatic heterocycles. The van der Waals surface area contributed by atoms with Gasteiger partial charge in [0.2, 0.25) is 0 Å². The standard InChI is InChI=1S/C7H12O.C5H12/c1-6-3-2-4-7(8)5-6;1-3-5-4-2/h6H,2-5H2,1H3;3-5H2,1-2H3. The first-order chi connectivity index (χ1) is 6.20. The summed E-state index contributed by atoms with van der Waals surface area (Å²) in [5.74, 6) is 1.12. The smallest absolute Gasteiger partial charge is 0.133 e. The Morgan fingerprint density at radius 3 is 2.15 bits per heavy atom. The number of Topliss-reactive ketones (excluding diaryl/α,β-unsaturated/α-hetero) is 1. The van der Waals surface area contributed by atoms with Crippen molar-refractivity contribution in [3.05, 3.63) is 0 Å². The van der Waals surface area contributed by atoms with Gasteiger partial charge in [0.15, 0.2) is 0 Å². The van der Waals surface area contributed by atoms with Gasteiger partial charge >= 0.3 is 0 Å². The fraction of sp³-hybridized carbons (Fsp3) is 0.917. The van der Waals surface area contributed by atoms with Crippen LogP contribution in [0.2, 0.25) is 0 Å². The lowest BCUT2D eigenvalue weighted by atomic mass is 9.90. The maximum Gasteiger partial charge on any atom is 0.133 e. The second-order valence-electron chi connectivity index (χ2n) is 4.09. The van der Waals surface area contributed by atoms with E-state index in [1.807, 2.05) is 0 Å². The zero-order valence-corrected chi connectivity index (χ0v) is 9.44. The Labute approximate surface area is 82.9 Å². The highest BCUT2D eigenvalue weighted by Gasteiger charge is 2.14. The summed E-state index contributed by atoms with van der Waals surface area (Å²) in [6.07, 6.45) is 8.13. The third-order valence-electron chi connectivity index (χ3n) is 2.44. The number of rotatable bonds is 2. The monoisotopic (exact) mass is 184 g/mol. The van der Waals surface area contributed by atoms with Crippen LogP contribution in [0.1, 0.15) is 65.7 Å². The van der Waals surface area contributed by atoms with Crippen molar-refractivity contribution in [1.29, 1.82) is 0 Å². The van der Waals surface area contributed by atoms with Gasteiger partial charge in [-0.1, -0.05) is 40.0 Å². The van der Waals surface area contributed by atoms with Crippen molar-refractivity contribution in [2.24, 2.45) is 5.92 Å². The number of carbonyl (C=O) groups is 1. The highest BCUT2D eigenvalue weighted by atomic mass is 16.1. The normalized spacial score (nSPS) is 22.1. The zero-order valence-electron chi connectivity index (χ0n) is 9.44. The summed E-state index contributed by atoms with van der Waals surface area (Å²) in [5, 5.41) is 0. The molecule has 0 amide bonds. The van der Waals surface area contributed by atoms with Crippen molar-refractivity contribution >= 4 is 5.78 Å². The average molecular weight is 184 g/mol. The number of hydrogen-bond donors (Lipinski definition) is 0. The van der Waals surface area contributed by atoms with Crippen LogP contribution in [0.25, 0.3) is 0 Å². The Balaban J connectivity index is 0.000000252. The van der Waals surface area contributed by atoms with Crippen molar-refractivity contribution in [3.8, 4) is 0 Å². The molecule has 0 radical (unpaired) electrons. The molecular formula is C12H24O. The molecule has 1 rings (SSSR count). The molecule has 0 bridgehead atoms. The molecule has 1 saturated carbocycles. The maximum atomic E-state index is 10.7. The zero-order chi connectivity index (χ0) is 10.1. The lowest BCUT2D eigenvalue weighted by molar-refractivity contribution is -0.121. The van der Waals surface area contributed by atoms with Gasteiger partial charge < -0.3 is 0 Å². The van der Waals surface area contributed by atoms with Gasteiger partial charge in [0, 0.05) is 12.8 Å². The summed E-state index contributed by atoms with van der Waals surface area (Å²) in [5.41, 5.74) is 0. The van der Waals surface area contributed by atoms with Crippen LogP contribution in [0.3, 0.4) is 0 Å². The lowest BCUT2D eigenvalue weighted by Crippen LogP contribution is -2.11. The molecule has 0 saturated heterocycles. The van der Waals surface area contributed by atoms with E-state index >= 15 is 0 Å². The fourth-order valence-corrected chi connectivity index (χ4v) is 1.59. The molecule has 78 valence electrons. The Kier molecular flexibility index (Phi) is 8.07. The van der Waals surface area contributed by atoms with Gasteiger partial charge in [0.05, 0.1) is 0 Å². The quantitative estimate of drug-likeness (QED) is 0.635. The average Bonchev–Trinajstić information content (AvgIpc) is 2.06. The Hall–Kier alpha value is -0.330. The van der Waals surface area contributed by atoms with Crippen molar-refractivity contribution in [2.45, 2.75) is 65.7 Å². The minimum Gasteiger partial charge on any atom is -0.300 e. The number of unbranched alkanes of at least 4 members (excludes halogenated alkanes) is 2. The van der Waals surface area contributed by atoms with Crippen LogP contribution in [0, 0.1) is 5.92 Å². The summed E-state index contributed by atoms with van der Waals surface area (Å²) in [6.45, 7) is 6.57. The molecule has 1 aliphatic rings. The number of ketones is 1. The molecule has 0 aromatic carbocycles. The van der Waals surface area contributed by atoms with Crippen molar-refractivity contribution in [2.75, 3.05) is 0 Å². The van der Waals surface area contributed by atoms with Crippen LogP contribution in [-0.2, 0) is 4.79 Å². The largest absolute Gasteiger partial charge is 0.300 e. The Morgan fingerprint density at radius 2 is 1.92 bits per heavy atom. The van der Waals surface area contributed by atoms with E-state index in [9.17, 15) is 4.79 Å². The minimum absolute atomic E-state index is 0.462. The number of hydrogen-bond acceptors (Lipinski definition) is 1. The summed E-state index contributed by atoms with van der Waals surface area (Å²) < 4.78 is 0. The summed E-state index contributed by atoms with van der Waals surface area (Å²) in [7, 11) is 0. The van der Waals surface area contributed by atoms with E-state index in [4.69, 9.17) is 0 Å². The van der Waals surface area contributed by atoms with Gasteiger partial charge in [-0.05, 0) is 18.8 Å². The molecule has 1 unspecified atom stereocenters. The fourth-order valence-electron chi connectivity index (χ4n) is 1.59. The van der Waals surface area contributed by atoms with E-state index in [0.29, 0.717) is 11.7 Å². The van der Waals surface area contributed by atoms with Crippen molar-refractivity contribution < 1.29 is 4.79 Å². The molecule has 1 heteroatoms. The topological polar surface area (TPSA) is 17.1 Å². The van der Waals surface area contributed by atoms with E-state index in [1.165, 1.54) is 25.7 Å². The van der Waals surface area contributed by atoms with E-state index < -0.39 is 0 Å². The van der Waals surface area contributed by atoms with E-state index in [0.717, 1.165) is 19.3 Å². The maximum absolute atomic E-state index is 10.7. The van der Waals surface area contributed by atoms with Gasteiger partial charge in [-0.15, -0.1) is 0 Å². The van der Waals surface area contributed by atoms with Crippen LogP contribution in [0.15, 0.2) is 0 Å². The predicted octanol–water partition coefficient (Wildman–Crippen LogP) is 3.96. The van der Waals surface area contributed by atoms with Gasteiger partial charge in [0.25, 0.3) is 0 Å². The highest BCUT2D eigenvalue weighted by molar-refractivity contribution is 5.79. The summed E-state index contributed by atoms with van der Waals surface area (Å²) in [4.78, 5) is 10.7. The lowest BCUT2D eigenvalue weighted by Gasteiger charge is -2.14. The summed E-state index contributed by atoms with van der Waals surface area (Å²) >= 11 is 0. The van der Waals surface area contributed by atoms with Crippen LogP contribution in [0.4, 0.5) is 0 Å². The molecule has 1 atom stereocenters. The van der Waals surface area contributed by atoms with Gasteiger partial charge in [0.1, 0.15) is 5.78 Å². The van der Waals surface area contributed by atoms with E-state index in [-0.39, 0.29) is 0 Å². The third-order valence-corrected chi connectivity index (χ3v) is 2.44. The van der Waals surface area contributed by atoms with Gasteiger partial charge in [-0.3, -0.25) is 4.79 Å². The van der Waals surface area contributed by atoms with Crippen LogP contribution in [0.5, 0.6) is 0 Å². The molecule has 13 heavy (non-hydrogen) atoms. The predicted molar refractivity (Wildman–Crippen MR) is 57.8 cm³/mol. The summed E-state index contributed by atoms with van der Waals surface area (Å²) in [6, 6.07) is 0. The van der Waals surface area contributed by atoms with E-state index in [1.54, 1.807) is 0 Å². The molecule has 0 spiro atoms. The van der Waals surface area contributed by atoms with Crippen LogP contribution < -0.4 is 0 Å². The number of carbonyl (C=O) groups excluding carboxylic acids is 1. The SMILES string of the molecule is CC1CCCC(=O)C1.CCCCC.